The number of hydrogen-bond acceptors (Lipinski definition) is 6. The van der Waals surface area contributed by atoms with Crippen LogP contribution in [0.2, 0.25) is 0 Å². The van der Waals surface area contributed by atoms with Crippen molar-refractivity contribution in [1.82, 2.24) is 19.7 Å². The van der Waals surface area contributed by atoms with Gasteiger partial charge in [0.15, 0.2) is 16.7 Å². The zero-order valence-electron chi connectivity index (χ0n) is 16.0. The minimum Gasteiger partial charge on any atom is -0.461 e. The highest BCUT2D eigenvalue weighted by Crippen LogP contribution is 2.27. The maximum Gasteiger partial charge on any atom is 0.236 e. The van der Waals surface area contributed by atoms with Gasteiger partial charge in [0, 0.05) is 38.9 Å². The molecule has 1 atom stereocenters. The summed E-state index contributed by atoms with van der Waals surface area (Å²) in [5, 5.41) is 8.90. The van der Waals surface area contributed by atoms with Gasteiger partial charge in [0.05, 0.1) is 11.5 Å². The van der Waals surface area contributed by atoms with Gasteiger partial charge in [-0.2, -0.15) is 0 Å². The zero-order chi connectivity index (χ0) is 19.5. The Kier molecular flexibility index (Phi) is 5.38. The molecule has 0 N–H and O–H groups in total. The molecule has 1 aliphatic heterocycles. The topological polar surface area (TPSA) is 67.4 Å². The van der Waals surface area contributed by atoms with Crippen LogP contribution >= 0.6 is 11.8 Å². The van der Waals surface area contributed by atoms with Crippen molar-refractivity contribution in [3.63, 3.8) is 0 Å². The van der Waals surface area contributed by atoms with Gasteiger partial charge >= 0.3 is 0 Å². The Morgan fingerprint density at radius 3 is 2.50 bits per heavy atom. The van der Waals surface area contributed by atoms with Crippen molar-refractivity contribution in [1.29, 1.82) is 0 Å². The maximum atomic E-state index is 12.9. The number of anilines is 1. The lowest BCUT2D eigenvalue weighted by molar-refractivity contribution is -0.130. The highest BCUT2D eigenvalue weighted by Gasteiger charge is 2.27. The van der Waals surface area contributed by atoms with Crippen LogP contribution in [0.1, 0.15) is 6.92 Å². The van der Waals surface area contributed by atoms with E-state index in [1.54, 1.807) is 6.26 Å². The lowest BCUT2D eigenvalue weighted by atomic mass is 10.2. The first-order valence-corrected chi connectivity index (χ1v) is 10.2. The van der Waals surface area contributed by atoms with Crippen LogP contribution in [-0.2, 0) is 11.8 Å². The summed E-state index contributed by atoms with van der Waals surface area (Å²) in [6, 6.07) is 14.0. The highest BCUT2D eigenvalue weighted by atomic mass is 32.2. The van der Waals surface area contributed by atoms with Crippen molar-refractivity contribution < 1.29 is 9.21 Å². The summed E-state index contributed by atoms with van der Waals surface area (Å²) in [7, 11) is 1.88. The first kappa shape index (κ1) is 18.6. The second kappa shape index (κ2) is 8.10. The van der Waals surface area contributed by atoms with Gasteiger partial charge < -0.3 is 18.8 Å². The average Bonchev–Trinajstić information content (AvgIpc) is 3.38. The number of hydrogen-bond donors (Lipinski definition) is 0. The number of furan rings is 1. The summed E-state index contributed by atoms with van der Waals surface area (Å²) < 4.78 is 7.26. The SMILES string of the molecule is CC(Sc1nnc(-c2ccco2)n1C)C(=O)N1CCN(c2ccccc2)CC1. The van der Waals surface area contributed by atoms with E-state index in [4.69, 9.17) is 4.42 Å². The van der Waals surface area contributed by atoms with Gasteiger partial charge in [-0.1, -0.05) is 30.0 Å². The molecule has 2 aromatic heterocycles. The Morgan fingerprint density at radius 2 is 1.82 bits per heavy atom. The number of amides is 1. The Morgan fingerprint density at radius 1 is 1.07 bits per heavy atom. The van der Waals surface area contributed by atoms with E-state index in [1.807, 2.05) is 53.8 Å². The van der Waals surface area contributed by atoms with Crippen molar-refractivity contribution in [2.75, 3.05) is 31.1 Å². The molecule has 8 heteroatoms. The number of benzene rings is 1. The molecule has 0 saturated carbocycles. The maximum absolute atomic E-state index is 12.9. The van der Waals surface area contributed by atoms with Gasteiger partial charge in [-0.05, 0) is 31.2 Å². The van der Waals surface area contributed by atoms with Crippen molar-refractivity contribution in [2.45, 2.75) is 17.3 Å². The van der Waals surface area contributed by atoms with E-state index in [-0.39, 0.29) is 11.2 Å². The van der Waals surface area contributed by atoms with Gasteiger partial charge in [0.25, 0.3) is 0 Å². The van der Waals surface area contributed by atoms with Crippen LogP contribution in [0.4, 0.5) is 5.69 Å². The predicted molar refractivity (Wildman–Crippen MR) is 109 cm³/mol. The number of carbonyl (C=O) groups is 1. The van der Waals surface area contributed by atoms with Crippen LogP contribution in [0, 0.1) is 0 Å². The summed E-state index contributed by atoms with van der Waals surface area (Å²) in [5.74, 6) is 1.46. The molecule has 146 valence electrons. The second-order valence-corrected chi connectivity index (χ2v) is 8.06. The lowest BCUT2D eigenvalue weighted by Crippen LogP contribution is -2.50. The molecule has 3 aromatic rings. The third-order valence-corrected chi connectivity index (χ3v) is 6.04. The zero-order valence-corrected chi connectivity index (χ0v) is 16.8. The summed E-state index contributed by atoms with van der Waals surface area (Å²) in [6.45, 7) is 5.08. The van der Waals surface area contributed by atoms with Crippen molar-refractivity contribution >= 4 is 23.4 Å². The molecule has 0 radical (unpaired) electrons. The quantitative estimate of drug-likeness (QED) is 0.617. The van der Waals surface area contributed by atoms with Crippen LogP contribution in [0.3, 0.4) is 0 Å². The van der Waals surface area contributed by atoms with Crippen LogP contribution in [0.25, 0.3) is 11.6 Å². The summed E-state index contributed by atoms with van der Waals surface area (Å²) in [6.07, 6.45) is 1.61. The average molecular weight is 398 g/mol. The molecule has 0 aliphatic carbocycles. The van der Waals surface area contributed by atoms with Gasteiger partial charge in [0.1, 0.15) is 0 Å². The number of piperazine rings is 1. The van der Waals surface area contributed by atoms with E-state index in [0.29, 0.717) is 16.7 Å². The third kappa shape index (κ3) is 3.77. The molecule has 1 amide bonds. The minimum absolute atomic E-state index is 0.139. The molecule has 1 saturated heterocycles. The van der Waals surface area contributed by atoms with Crippen molar-refractivity contribution in [3.05, 3.63) is 48.7 Å². The van der Waals surface area contributed by atoms with E-state index in [0.717, 1.165) is 26.2 Å². The molecule has 1 aliphatic rings. The summed E-state index contributed by atoms with van der Waals surface area (Å²) in [5.41, 5.74) is 1.21. The number of nitrogens with zero attached hydrogens (tertiary/aromatic N) is 5. The summed E-state index contributed by atoms with van der Waals surface area (Å²) in [4.78, 5) is 17.2. The number of carbonyl (C=O) groups excluding carboxylic acids is 1. The van der Waals surface area contributed by atoms with Crippen LogP contribution in [-0.4, -0.2) is 57.0 Å². The molecule has 1 fully saturated rings. The molecule has 4 rings (SSSR count). The van der Waals surface area contributed by atoms with E-state index in [9.17, 15) is 4.79 Å². The van der Waals surface area contributed by atoms with E-state index in [1.165, 1.54) is 17.4 Å². The number of rotatable bonds is 5. The smallest absolute Gasteiger partial charge is 0.236 e. The van der Waals surface area contributed by atoms with Gasteiger partial charge in [-0.3, -0.25) is 4.79 Å². The molecule has 7 nitrogen and oxygen atoms in total. The van der Waals surface area contributed by atoms with Crippen LogP contribution < -0.4 is 4.90 Å². The number of aromatic nitrogens is 3. The fraction of sp³-hybridized carbons (Fsp3) is 0.350. The fourth-order valence-corrected chi connectivity index (χ4v) is 4.23. The van der Waals surface area contributed by atoms with Crippen LogP contribution in [0.5, 0.6) is 0 Å². The van der Waals surface area contributed by atoms with E-state index in [2.05, 4.69) is 27.2 Å². The number of para-hydroxylation sites is 1. The minimum atomic E-state index is -0.226. The molecule has 3 heterocycles. The van der Waals surface area contributed by atoms with Gasteiger partial charge in [0.2, 0.25) is 5.91 Å². The number of thioether (sulfide) groups is 1. The first-order chi connectivity index (χ1) is 13.6. The molecule has 0 spiro atoms. The van der Waals surface area contributed by atoms with Gasteiger partial charge in [-0.15, -0.1) is 10.2 Å². The molecule has 0 bridgehead atoms. The predicted octanol–water partition coefficient (Wildman–Crippen LogP) is 2.90. The van der Waals surface area contributed by atoms with Crippen LogP contribution in [0.15, 0.2) is 58.3 Å². The summed E-state index contributed by atoms with van der Waals surface area (Å²) >= 11 is 1.43. The fourth-order valence-electron chi connectivity index (χ4n) is 3.33. The Labute approximate surface area is 168 Å². The normalized spacial score (nSPS) is 15.6. The molecular formula is C20H23N5O2S. The Balaban J connectivity index is 1.36. The second-order valence-electron chi connectivity index (χ2n) is 6.75. The lowest BCUT2D eigenvalue weighted by Gasteiger charge is -2.37. The third-order valence-electron chi connectivity index (χ3n) is 4.92. The first-order valence-electron chi connectivity index (χ1n) is 9.32. The highest BCUT2D eigenvalue weighted by molar-refractivity contribution is 8.00. The van der Waals surface area contributed by atoms with Gasteiger partial charge in [-0.25, -0.2) is 0 Å². The molecule has 28 heavy (non-hydrogen) atoms. The monoisotopic (exact) mass is 397 g/mol. The molecule has 1 aromatic carbocycles. The Bertz CT molecular complexity index is 917. The molecular weight excluding hydrogens is 374 g/mol. The standard InChI is InChI=1S/C20H23N5O2S/c1-15(28-20-22-21-18(23(20)2)17-9-6-14-27-17)19(26)25-12-10-24(11-13-25)16-7-4-3-5-8-16/h3-9,14-15H,10-13H2,1-2H3. The Hall–Kier alpha value is -2.74. The van der Waals surface area contributed by atoms with E-state index < -0.39 is 0 Å². The van der Waals surface area contributed by atoms with Crippen molar-refractivity contribution in [2.24, 2.45) is 7.05 Å². The van der Waals surface area contributed by atoms with E-state index >= 15 is 0 Å². The largest absolute Gasteiger partial charge is 0.461 e. The molecule has 1 unspecified atom stereocenters. The van der Waals surface area contributed by atoms with Crippen molar-refractivity contribution in [3.8, 4) is 11.6 Å².